The van der Waals surface area contributed by atoms with Gasteiger partial charge in [-0.05, 0) is 27.7 Å². The number of amides is 1. The van der Waals surface area contributed by atoms with Crippen molar-refractivity contribution in [2.24, 2.45) is 0 Å². The van der Waals surface area contributed by atoms with Crippen LogP contribution in [0.3, 0.4) is 0 Å². The Balaban J connectivity index is 2.55. The molecular formula is C13H22N2O4. The van der Waals surface area contributed by atoms with Crippen LogP contribution in [0.25, 0.3) is 0 Å². The van der Waals surface area contributed by atoms with Gasteiger partial charge in [0, 0.05) is 26.2 Å². The van der Waals surface area contributed by atoms with Crippen LogP contribution in [-0.2, 0) is 14.3 Å². The number of hydrogen-bond acceptors (Lipinski definition) is 5. The summed E-state index contributed by atoms with van der Waals surface area (Å²) in [6, 6.07) is 0. The molecule has 19 heavy (non-hydrogen) atoms. The molecular weight excluding hydrogens is 248 g/mol. The minimum absolute atomic E-state index is 0.140. The number of Topliss-reactive ketones (excluding diaryl/α,β-unsaturated/α-hetero) is 1. The van der Waals surface area contributed by atoms with Gasteiger partial charge >= 0.3 is 6.09 Å². The maximum atomic E-state index is 11.7. The Labute approximate surface area is 113 Å². The fourth-order valence-electron chi connectivity index (χ4n) is 2.02. The van der Waals surface area contributed by atoms with E-state index in [9.17, 15) is 14.4 Å². The van der Waals surface area contributed by atoms with Gasteiger partial charge in [-0.2, -0.15) is 0 Å². The van der Waals surface area contributed by atoms with Crippen LogP contribution in [-0.4, -0.2) is 65.8 Å². The summed E-state index contributed by atoms with van der Waals surface area (Å²) in [5.41, 5.74) is -0.810. The average Bonchev–Trinajstić information content (AvgIpc) is 2.37. The van der Waals surface area contributed by atoms with Crippen LogP contribution in [0.2, 0.25) is 0 Å². The fraction of sp³-hybridized carbons (Fsp3) is 0.769. The fourth-order valence-corrected chi connectivity index (χ4v) is 2.02. The van der Waals surface area contributed by atoms with E-state index in [1.54, 1.807) is 32.6 Å². The first-order valence-corrected chi connectivity index (χ1v) is 6.49. The lowest BCUT2D eigenvalue weighted by molar-refractivity contribution is -0.138. The van der Waals surface area contributed by atoms with Gasteiger partial charge in [0.1, 0.15) is 0 Å². The summed E-state index contributed by atoms with van der Waals surface area (Å²) in [4.78, 5) is 37.5. The first kappa shape index (κ1) is 15.6. The van der Waals surface area contributed by atoms with Gasteiger partial charge < -0.3 is 9.64 Å². The van der Waals surface area contributed by atoms with E-state index in [0.717, 1.165) is 0 Å². The van der Waals surface area contributed by atoms with Gasteiger partial charge in [0.15, 0.2) is 6.29 Å². The standard InChI is InChI=1S/C13H22N2O4/c1-10(2)19-12(18)14-5-7-15(8-6-14)13(3,4)11(17)9-16/h9-10H,5-8H2,1-4H3. The molecule has 0 radical (unpaired) electrons. The number of rotatable bonds is 4. The maximum absolute atomic E-state index is 11.7. The Morgan fingerprint density at radius 2 is 1.68 bits per heavy atom. The van der Waals surface area contributed by atoms with Crippen molar-refractivity contribution in [3.8, 4) is 0 Å². The highest BCUT2D eigenvalue weighted by Crippen LogP contribution is 2.18. The first-order valence-electron chi connectivity index (χ1n) is 6.49. The molecule has 0 spiro atoms. The quantitative estimate of drug-likeness (QED) is 0.555. The molecule has 1 saturated heterocycles. The number of hydrogen-bond donors (Lipinski definition) is 0. The first-order chi connectivity index (χ1) is 8.78. The average molecular weight is 270 g/mol. The molecule has 1 amide bonds. The highest BCUT2D eigenvalue weighted by Gasteiger charge is 2.36. The van der Waals surface area contributed by atoms with Crippen molar-refractivity contribution in [3.63, 3.8) is 0 Å². The monoisotopic (exact) mass is 270 g/mol. The van der Waals surface area contributed by atoms with Gasteiger partial charge in [-0.15, -0.1) is 0 Å². The summed E-state index contributed by atoms with van der Waals surface area (Å²) in [5, 5.41) is 0. The topological polar surface area (TPSA) is 66.9 Å². The second kappa shape index (κ2) is 6.14. The number of nitrogens with zero attached hydrogens (tertiary/aromatic N) is 2. The third-order valence-corrected chi connectivity index (χ3v) is 3.37. The van der Waals surface area contributed by atoms with Crippen molar-refractivity contribution >= 4 is 18.2 Å². The Bertz CT molecular complexity index is 358. The van der Waals surface area contributed by atoms with E-state index in [4.69, 9.17) is 4.74 Å². The number of ketones is 1. The number of aldehydes is 1. The Kier molecular flexibility index (Phi) is 5.05. The van der Waals surface area contributed by atoms with Crippen LogP contribution >= 0.6 is 0 Å². The van der Waals surface area contributed by atoms with Crippen LogP contribution in [0, 0.1) is 0 Å². The van der Waals surface area contributed by atoms with E-state index in [-0.39, 0.29) is 12.2 Å². The molecule has 1 aliphatic heterocycles. The number of carbonyl (C=O) groups excluding carboxylic acids is 3. The van der Waals surface area contributed by atoms with Crippen LogP contribution in [0.15, 0.2) is 0 Å². The molecule has 0 aliphatic carbocycles. The molecule has 0 atom stereocenters. The molecule has 0 bridgehead atoms. The normalized spacial score (nSPS) is 17.4. The second-order valence-corrected chi connectivity index (χ2v) is 5.45. The van der Waals surface area contributed by atoms with Gasteiger partial charge in [0.05, 0.1) is 11.6 Å². The number of piperazine rings is 1. The Morgan fingerprint density at radius 1 is 1.16 bits per heavy atom. The third-order valence-electron chi connectivity index (χ3n) is 3.37. The van der Waals surface area contributed by atoms with E-state index in [2.05, 4.69) is 0 Å². The lowest BCUT2D eigenvalue weighted by atomic mass is 9.96. The molecule has 0 aromatic carbocycles. The van der Waals surface area contributed by atoms with Gasteiger partial charge in [0.25, 0.3) is 0 Å². The zero-order valence-electron chi connectivity index (χ0n) is 12.0. The van der Waals surface area contributed by atoms with Crippen molar-refractivity contribution in [2.45, 2.75) is 39.3 Å². The molecule has 1 heterocycles. The largest absolute Gasteiger partial charge is 0.447 e. The van der Waals surface area contributed by atoms with Gasteiger partial charge in [-0.25, -0.2) is 4.79 Å². The van der Waals surface area contributed by atoms with Gasteiger partial charge in [-0.3, -0.25) is 14.5 Å². The summed E-state index contributed by atoms with van der Waals surface area (Å²) in [7, 11) is 0. The molecule has 6 heteroatoms. The molecule has 0 aromatic heterocycles. The molecule has 1 aliphatic rings. The van der Waals surface area contributed by atoms with E-state index in [1.807, 2.05) is 4.90 Å². The predicted molar refractivity (Wildman–Crippen MR) is 69.9 cm³/mol. The van der Waals surface area contributed by atoms with Crippen molar-refractivity contribution < 1.29 is 19.1 Å². The number of ether oxygens (including phenoxy) is 1. The predicted octanol–water partition coefficient (Wildman–Crippen LogP) is 0.696. The lowest BCUT2D eigenvalue weighted by Gasteiger charge is -2.41. The minimum Gasteiger partial charge on any atom is -0.447 e. The van der Waals surface area contributed by atoms with Gasteiger partial charge in [0.2, 0.25) is 5.78 Å². The second-order valence-electron chi connectivity index (χ2n) is 5.45. The zero-order valence-corrected chi connectivity index (χ0v) is 12.0. The van der Waals surface area contributed by atoms with Gasteiger partial charge in [-0.1, -0.05) is 0 Å². The smallest absolute Gasteiger partial charge is 0.410 e. The lowest BCUT2D eigenvalue weighted by Crippen LogP contribution is -2.59. The summed E-state index contributed by atoms with van der Waals surface area (Å²) in [6.07, 6.45) is -0.105. The molecule has 0 aromatic rings. The van der Waals surface area contributed by atoms with E-state index in [0.29, 0.717) is 32.5 Å². The molecule has 0 unspecified atom stereocenters. The van der Waals surface area contributed by atoms with Crippen LogP contribution in [0.5, 0.6) is 0 Å². The third kappa shape index (κ3) is 3.76. The Hall–Kier alpha value is -1.43. The van der Waals surface area contributed by atoms with Crippen molar-refractivity contribution in [3.05, 3.63) is 0 Å². The van der Waals surface area contributed by atoms with Crippen LogP contribution in [0.4, 0.5) is 4.79 Å². The summed E-state index contributed by atoms with van der Waals surface area (Å²) in [5.74, 6) is -0.439. The molecule has 6 nitrogen and oxygen atoms in total. The van der Waals surface area contributed by atoms with E-state index in [1.165, 1.54) is 0 Å². The van der Waals surface area contributed by atoms with E-state index < -0.39 is 11.3 Å². The molecule has 1 fully saturated rings. The summed E-state index contributed by atoms with van der Waals surface area (Å²) in [6.45, 7) is 9.18. The maximum Gasteiger partial charge on any atom is 0.410 e. The highest BCUT2D eigenvalue weighted by atomic mass is 16.6. The Morgan fingerprint density at radius 3 is 2.11 bits per heavy atom. The molecule has 1 rings (SSSR count). The summed E-state index contributed by atoms with van der Waals surface area (Å²) >= 11 is 0. The van der Waals surface area contributed by atoms with Crippen molar-refractivity contribution in [1.82, 2.24) is 9.80 Å². The molecule has 108 valence electrons. The van der Waals surface area contributed by atoms with Crippen molar-refractivity contribution in [2.75, 3.05) is 26.2 Å². The molecule has 0 N–H and O–H groups in total. The van der Waals surface area contributed by atoms with E-state index >= 15 is 0 Å². The summed E-state index contributed by atoms with van der Waals surface area (Å²) < 4.78 is 5.12. The highest BCUT2D eigenvalue weighted by molar-refractivity contribution is 6.29. The minimum atomic E-state index is -0.810. The van der Waals surface area contributed by atoms with Crippen molar-refractivity contribution in [1.29, 1.82) is 0 Å². The molecule has 0 saturated carbocycles. The number of carbonyl (C=O) groups is 3. The zero-order chi connectivity index (χ0) is 14.6. The van der Waals surface area contributed by atoms with Crippen LogP contribution in [0.1, 0.15) is 27.7 Å². The van der Waals surface area contributed by atoms with Crippen LogP contribution < -0.4 is 0 Å². The SMILES string of the molecule is CC(C)OC(=O)N1CCN(C(C)(C)C(=O)C=O)CC1.